The van der Waals surface area contributed by atoms with Crippen molar-refractivity contribution in [2.24, 2.45) is 0 Å². The molecule has 0 aliphatic carbocycles. The molecule has 0 atom stereocenters. The van der Waals surface area contributed by atoms with Crippen molar-refractivity contribution < 1.29 is 0 Å². The van der Waals surface area contributed by atoms with Crippen molar-refractivity contribution in [3.63, 3.8) is 0 Å². The number of halogens is 1. The zero-order valence-corrected chi connectivity index (χ0v) is 13.0. The molecule has 0 amide bonds. The SMILES string of the molecule is CCNc1cc(N2CCc3cc(Br)ccc3C2)ncn1. The summed E-state index contributed by atoms with van der Waals surface area (Å²) in [7, 11) is 0. The molecule has 1 aromatic heterocycles. The average Bonchev–Trinajstić information content (AvgIpc) is 2.47. The van der Waals surface area contributed by atoms with Gasteiger partial charge in [0.15, 0.2) is 0 Å². The summed E-state index contributed by atoms with van der Waals surface area (Å²) in [6.45, 7) is 4.83. The minimum atomic E-state index is 0.868. The van der Waals surface area contributed by atoms with E-state index in [4.69, 9.17) is 0 Å². The molecule has 0 spiro atoms. The third kappa shape index (κ3) is 2.77. The van der Waals surface area contributed by atoms with Crippen LogP contribution in [-0.2, 0) is 13.0 Å². The van der Waals surface area contributed by atoms with E-state index in [1.54, 1.807) is 6.33 Å². The van der Waals surface area contributed by atoms with E-state index in [0.717, 1.165) is 42.2 Å². The normalized spacial score (nSPS) is 14.0. The molecule has 1 aliphatic heterocycles. The molecule has 0 unspecified atom stereocenters. The van der Waals surface area contributed by atoms with Crippen LogP contribution in [0.2, 0.25) is 0 Å². The van der Waals surface area contributed by atoms with E-state index in [0.29, 0.717) is 0 Å². The van der Waals surface area contributed by atoms with Gasteiger partial charge >= 0.3 is 0 Å². The van der Waals surface area contributed by atoms with Gasteiger partial charge in [-0.1, -0.05) is 22.0 Å². The van der Waals surface area contributed by atoms with Gasteiger partial charge in [0.2, 0.25) is 0 Å². The van der Waals surface area contributed by atoms with E-state index in [9.17, 15) is 0 Å². The summed E-state index contributed by atoms with van der Waals surface area (Å²) < 4.78 is 1.15. The van der Waals surface area contributed by atoms with Crippen LogP contribution < -0.4 is 10.2 Å². The Balaban J connectivity index is 1.83. The monoisotopic (exact) mass is 332 g/mol. The molecule has 1 aliphatic rings. The van der Waals surface area contributed by atoms with Crippen LogP contribution in [-0.4, -0.2) is 23.1 Å². The van der Waals surface area contributed by atoms with Gasteiger partial charge in [-0.25, -0.2) is 9.97 Å². The zero-order chi connectivity index (χ0) is 13.9. The molecular formula is C15H17BrN4. The highest BCUT2D eigenvalue weighted by atomic mass is 79.9. The lowest BCUT2D eigenvalue weighted by atomic mass is 10.00. The van der Waals surface area contributed by atoms with E-state index in [2.05, 4.69) is 61.2 Å². The third-order valence-electron chi connectivity index (χ3n) is 3.52. The Morgan fingerprint density at radius 3 is 3.00 bits per heavy atom. The van der Waals surface area contributed by atoms with Crippen LogP contribution in [0.25, 0.3) is 0 Å². The van der Waals surface area contributed by atoms with Crippen molar-refractivity contribution in [3.05, 3.63) is 46.2 Å². The summed E-state index contributed by atoms with van der Waals surface area (Å²) in [5, 5.41) is 3.23. The number of fused-ring (bicyclic) bond motifs is 1. The first-order valence-corrected chi connectivity index (χ1v) is 7.63. The quantitative estimate of drug-likeness (QED) is 0.936. The minimum Gasteiger partial charge on any atom is -0.370 e. The van der Waals surface area contributed by atoms with E-state index in [1.165, 1.54) is 11.1 Å². The summed E-state index contributed by atoms with van der Waals surface area (Å²) in [4.78, 5) is 10.9. The minimum absolute atomic E-state index is 0.868. The Kier molecular flexibility index (Phi) is 3.87. The van der Waals surface area contributed by atoms with Gasteiger partial charge in [0, 0.05) is 30.2 Å². The second-order valence-electron chi connectivity index (χ2n) is 4.88. The lowest BCUT2D eigenvalue weighted by molar-refractivity contribution is 0.719. The Morgan fingerprint density at radius 2 is 2.15 bits per heavy atom. The standard InChI is InChI=1S/C15H17BrN4/c1-2-17-14-8-15(19-10-18-14)20-6-5-11-7-13(16)4-3-12(11)9-20/h3-4,7-8,10H,2,5-6,9H2,1H3,(H,17,18,19). The second kappa shape index (κ2) is 5.79. The van der Waals surface area contributed by atoms with Gasteiger partial charge in [-0.2, -0.15) is 0 Å². The van der Waals surface area contributed by atoms with Crippen LogP contribution in [0.1, 0.15) is 18.1 Å². The molecule has 1 aromatic carbocycles. The Morgan fingerprint density at radius 1 is 1.25 bits per heavy atom. The summed E-state index contributed by atoms with van der Waals surface area (Å²) in [6.07, 6.45) is 2.68. The third-order valence-corrected chi connectivity index (χ3v) is 4.01. The molecule has 2 heterocycles. The molecule has 2 aromatic rings. The van der Waals surface area contributed by atoms with Crippen LogP contribution >= 0.6 is 15.9 Å². The maximum absolute atomic E-state index is 4.40. The fraction of sp³-hybridized carbons (Fsp3) is 0.333. The molecule has 0 saturated carbocycles. The fourth-order valence-corrected chi connectivity index (χ4v) is 2.92. The molecule has 20 heavy (non-hydrogen) atoms. The topological polar surface area (TPSA) is 41.0 Å². The number of hydrogen-bond donors (Lipinski definition) is 1. The smallest absolute Gasteiger partial charge is 0.134 e. The summed E-state index contributed by atoms with van der Waals surface area (Å²) in [5.41, 5.74) is 2.81. The number of rotatable bonds is 3. The van der Waals surface area contributed by atoms with Gasteiger partial charge < -0.3 is 10.2 Å². The van der Waals surface area contributed by atoms with Crippen LogP contribution in [0, 0.1) is 0 Å². The second-order valence-corrected chi connectivity index (χ2v) is 5.79. The highest BCUT2D eigenvalue weighted by Gasteiger charge is 2.17. The van der Waals surface area contributed by atoms with Gasteiger partial charge in [-0.15, -0.1) is 0 Å². The highest BCUT2D eigenvalue weighted by molar-refractivity contribution is 9.10. The fourth-order valence-electron chi connectivity index (χ4n) is 2.51. The number of aromatic nitrogens is 2. The lowest BCUT2D eigenvalue weighted by Crippen LogP contribution is -2.31. The molecule has 3 rings (SSSR count). The van der Waals surface area contributed by atoms with Crippen molar-refractivity contribution in [2.75, 3.05) is 23.3 Å². The lowest BCUT2D eigenvalue weighted by Gasteiger charge is -2.30. The highest BCUT2D eigenvalue weighted by Crippen LogP contribution is 2.26. The van der Waals surface area contributed by atoms with Crippen molar-refractivity contribution in [1.82, 2.24) is 9.97 Å². The Bertz CT molecular complexity index is 615. The molecule has 5 heteroatoms. The summed E-state index contributed by atoms with van der Waals surface area (Å²) in [6, 6.07) is 8.54. The van der Waals surface area contributed by atoms with E-state index < -0.39 is 0 Å². The molecule has 0 radical (unpaired) electrons. The van der Waals surface area contributed by atoms with Gasteiger partial charge in [-0.3, -0.25) is 0 Å². The molecule has 0 fully saturated rings. The van der Waals surface area contributed by atoms with E-state index in [1.807, 2.05) is 6.07 Å². The van der Waals surface area contributed by atoms with Gasteiger partial charge in [0.05, 0.1) is 0 Å². The zero-order valence-electron chi connectivity index (χ0n) is 11.4. The Labute approximate surface area is 127 Å². The van der Waals surface area contributed by atoms with Crippen LogP contribution in [0.5, 0.6) is 0 Å². The number of hydrogen-bond acceptors (Lipinski definition) is 4. The Hall–Kier alpha value is -1.62. The van der Waals surface area contributed by atoms with Crippen molar-refractivity contribution in [2.45, 2.75) is 19.9 Å². The van der Waals surface area contributed by atoms with Crippen LogP contribution in [0.3, 0.4) is 0 Å². The van der Waals surface area contributed by atoms with Gasteiger partial charge in [0.1, 0.15) is 18.0 Å². The first kappa shape index (κ1) is 13.4. The number of benzene rings is 1. The predicted molar refractivity (Wildman–Crippen MR) is 85.1 cm³/mol. The summed E-state index contributed by atoms with van der Waals surface area (Å²) >= 11 is 3.53. The summed E-state index contributed by atoms with van der Waals surface area (Å²) in [5.74, 6) is 1.88. The molecule has 0 bridgehead atoms. The van der Waals surface area contributed by atoms with Crippen molar-refractivity contribution in [3.8, 4) is 0 Å². The van der Waals surface area contributed by atoms with Gasteiger partial charge in [0.25, 0.3) is 0 Å². The average molecular weight is 333 g/mol. The first-order chi connectivity index (χ1) is 9.76. The van der Waals surface area contributed by atoms with E-state index >= 15 is 0 Å². The largest absolute Gasteiger partial charge is 0.370 e. The van der Waals surface area contributed by atoms with E-state index in [-0.39, 0.29) is 0 Å². The number of nitrogens with zero attached hydrogens (tertiary/aromatic N) is 3. The van der Waals surface area contributed by atoms with Gasteiger partial charge in [-0.05, 0) is 36.6 Å². The van der Waals surface area contributed by atoms with Crippen molar-refractivity contribution >= 4 is 27.6 Å². The maximum Gasteiger partial charge on any atom is 0.134 e. The molecule has 0 saturated heterocycles. The van der Waals surface area contributed by atoms with Crippen molar-refractivity contribution in [1.29, 1.82) is 0 Å². The maximum atomic E-state index is 4.40. The van der Waals surface area contributed by atoms with Crippen LogP contribution in [0.4, 0.5) is 11.6 Å². The van der Waals surface area contributed by atoms with Crippen LogP contribution in [0.15, 0.2) is 35.1 Å². The first-order valence-electron chi connectivity index (χ1n) is 6.84. The number of anilines is 2. The number of nitrogens with one attached hydrogen (secondary N) is 1. The molecular weight excluding hydrogens is 316 g/mol. The molecule has 104 valence electrons. The molecule has 1 N–H and O–H groups in total. The molecule has 4 nitrogen and oxygen atoms in total. The predicted octanol–water partition coefficient (Wildman–Crippen LogP) is 3.23.